The lowest BCUT2D eigenvalue weighted by Gasteiger charge is -2.26. The van der Waals surface area contributed by atoms with Gasteiger partial charge in [-0.25, -0.2) is 14.8 Å². The summed E-state index contributed by atoms with van der Waals surface area (Å²) in [7, 11) is 2.92. The van der Waals surface area contributed by atoms with Gasteiger partial charge in [0, 0.05) is 38.1 Å². The summed E-state index contributed by atoms with van der Waals surface area (Å²) in [4.78, 5) is 65.4. The molecule has 0 saturated carbocycles. The molecule has 0 aliphatic carbocycles. The fourth-order valence-electron chi connectivity index (χ4n) is 3.88. The molecule has 0 bridgehead atoms. The molecule has 174 valence electrons. The van der Waals surface area contributed by atoms with Crippen LogP contribution in [0.15, 0.2) is 40.3 Å². The summed E-state index contributed by atoms with van der Waals surface area (Å²) in [5, 5.41) is 3.22. The summed E-state index contributed by atoms with van der Waals surface area (Å²) in [6.07, 6.45) is 3.50. The normalized spacial score (nSPS) is 13.2. The number of aryl methyl sites for hydroxylation is 1. The number of thiazole rings is 1. The van der Waals surface area contributed by atoms with Gasteiger partial charge in [-0.15, -0.1) is 0 Å². The molecule has 0 aromatic carbocycles. The highest BCUT2D eigenvalue weighted by Crippen LogP contribution is 2.28. The number of aromatic nitrogens is 6. The van der Waals surface area contributed by atoms with E-state index in [1.165, 1.54) is 40.9 Å². The van der Waals surface area contributed by atoms with Gasteiger partial charge in [0.1, 0.15) is 12.2 Å². The van der Waals surface area contributed by atoms with E-state index in [2.05, 4.69) is 20.3 Å². The maximum atomic E-state index is 13.0. The molecule has 12 nitrogen and oxygen atoms in total. The molecule has 0 fully saturated rings. The molecular weight excluding hydrogens is 460 g/mol. The van der Waals surface area contributed by atoms with Crippen molar-refractivity contribution in [2.24, 2.45) is 14.1 Å². The first-order valence-electron chi connectivity index (χ1n) is 10.4. The largest absolute Gasteiger partial charge is 0.336 e. The Morgan fingerprint density at radius 3 is 2.74 bits per heavy atom. The van der Waals surface area contributed by atoms with Crippen LogP contribution in [0.4, 0.5) is 5.13 Å². The SMILES string of the molecule is Cn1c(=O)c2c(ncn2CC(=O)N2CCc3nc(NC(=O)c4ccccn4)sc3C2)n(C)c1=O. The van der Waals surface area contributed by atoms with E-state index in [1.807, 2.05) is 0 Å². The summed E-state index contributed by atoms with van der Waals surface area (Å²) >= 11 is 1.32. The van der Waals surface area contributed by atoms with Crippen LogP contribution in [0.5, 0.6) is 0 Å². The van der Waals surface area contributed by atoms with Crippen LogP contribution in [0, 0.1) is 0 Å². The number of anilines is 1. The molecule has 1 N–H and O–H groups in total. The molecule has 2 amide bonds. The summed E-state index contributed by atoms with van der Waals surface area (Å²) in [6, 6.07) is 5.08. The van der Waals surface area contributed by atoms with Crippen LogP contribution in [0.2, 0.25) is 0 Å². The third-order valence-electron chi connectivity index (χ3n) is 5.72. The minimum absolute atomic E-state index is 0.0820. The van der Waals surface area contributed by atoms with E-state index in [1.54, 1.807) is 29.3 Å². The maximum absolute atomic E-state index is 13.0. The number of nitrogens with zero attached hydrogens (tertiary/aromatic N) is 7. The first-order chi connectivity index (χ1) is 16.3. The van der Waals surface area contributed by atoms with Crippen molar-refractivity contribution >= 4 is 39.4 Å². The van der Waals surface area contributed by atoms with Crippen molar-refractivity contribution in [3.63, 3.8) is 0 Å². The molecule has 1 aliphatic rings. The Morgan fingerprint density at radius 2 is 1.97 bits per heavy atom. The number of carbonyl (C=O) groups excluding carboxylic acids is 2. The second-order valence-electron chi connectivity index (χ2n) is 7.87. The highest BCUT2D eigenvalue weighted by molar-refractivity contribution is 7.15. The topological polar surface area (TPSA) is 137 Å². The number of rotatable bonds is 4. The smallest absolute Gasteiger partial charge is 0.332 e. The van der Waals surface area contributed by atoms with Gasteiger partial charge in [0.25, 0.3) is 11.5 Å². The Bertz CT molecular complexity index is 1550. The minimum atomic E-state index is -0.500. The molecular formula is C21H20N8O4S. The zero-order chi connectivity index (χ0) is 24.0. The van der Waals surface area contributed by atoms with Crippen LogP contribution < -0.4 is 16.6 Å². The Labute approximate surface area is 196 Å². The fourth-order valence-corrected chi connectivity index (χ4v) is 4.90. The average Bonchev–Trinajstić information content (AvgIpc) is 3.45. The van der Waals surface area contributed by atoms with Crippen LogP contribution in [-0.4, -0.2) is 51.9 Å². The molecule has 13 heteroatoms. The summed E-state index contributed by atoms with van der Waals surface area (Å²) in [5.41, 5.74) is 0.602. The molecule has 4 aromatic rings. The number of amides is 2. The molecule has 0 radical (unpaired) electrons. The van der Waals surface area contributed by atoms with E-state index in [9.17, 15) is 19.2 Å². The zero-order valence-electron chi connectivity index (χ0n) is 18.4. The fraction of sp³-hybridized carbons (Fsp3) is 0.286. The number of hydrogen-bond acceptors (Lipinski definition) is 8. The van der Waals surface area contributed by atoms with Crippen molar-refractivity contribution in [2.45, 2.75) is 19.5 Å². The predicted octanol–water partition coefficient (Wildman–Crippen LogP) is 0.122. The Kier molecular flexibility index (Phi) is 5.32. The van der Waals surface area contributed by atoms with Crippen molar-refractivity contribution < 1.29 is 9.59 Å². The molecule has 0 saturated heterocycles. The van der Waals surface area contributed by atoms with Gasteiger partial charge in [-0.1, -0.05) is 17.4 Å². The molecule has 5 heterocycles. The van der Waals surface area contributed by atoms with Gasteiger partial charge in [-0.3, -0.25) is 33.8 Å². The Hall–Kier alpha value is -4.13. The van der Waals surface area contributed by atoms with Gasteiger partial charge in [0.2, 0.25) is 5.91 Å². The first kappa shape index (κ1) is 21.7. The minimum Gasteiger partial charge on any atom is -0.336 e. The van der Waals surface area contributed by atoms with Crippen molar-refractivity contribution in [1.29, 1.82) is 0 Å². The average molecular weight is 481 g/mol. The third kappa shape index (κ3) is 3.69. The van der Waals surface area contributed by atoms with Crippen LogP contribution in [-0.2, 0) is 38.4 Å². The lowest BCUT2D eigenvalue weighted by atomic mass is 10.2. The molecule has 34 heavy (non-hydrogen) atoms. The predicted molar refractivity (Wildman–Crippen MR) is 124 cm³/mol. The molecule has 0 atom stereocenters. The third-order valence-corrected chi connectivity index (χ3v) is 6.72. The van der Waals surface area contributed by atoms with Gasteiger partial charge >= 0.3 is 5.69 Å². The van der Waals surface area contributed by atoms with Crippen LogP contribution in [0.25, 0.3) is 11.2 Å². The van der Waals surface area contributed by atoms with Crippen LogP contribution in [0.1, 0.15) is 21.1 Å². The van der Waals surface area contributed by atoms with E-state index in [0.29, 0.717) is 30.3 Å². The van der Waals surface area contributed by atoms with Gasteiger partial charge < -0.3 is 9.47 Å². The molecule has 0 spiro atoms. The molecule has 5 rings (SSSR count). The second kappa shape index (κ2) is 8.33. The summed E-state index contributed by atoms with van der Waals surface area (Å²) < 4.78 is 3.75. The van der Waals surface area contributed by atoms with Gasteiger partial charge in [-0.05, 0) is 12.1 Å². The van der Waals surface area contributed by atoms with Gasteiger partial charge in [-0.2, -0.15) is 0 Å². The maximum Gasteiger partial charge on any atom is 0.332 e. The van der Waals surface area contributed by atoms with Gasteiger partial charge in [0.05, 0.1) is 18.6 Å². The monoisotopic (exact) mass is 480 g/mol. The summed E-state index contributed by atoms with van der Waals surface area (Å²) in [6.45, 7) is 0.738. The standard InChI is InChI=1S/C21H20N8O4S/c1-26-17-16(19(32)27(2)21(26)33)29(11-23-17)10-15(30)28-8-6-12-14(9-28)34-20(24-12)25-18(31)13-5-3-4-7-22-13/h3-5,7,11H,6,8-10H2,1-2H3,(H,24,25,31). The van der Waals surface area contributed by atoms with E-state index in [-0.39, 0.29) is 29.5 Å². The Morgan fingerprint density at radius 1 is 1.15 bits per heavy atom. The second-order valence-corrected chi connectivity index (χ2v) is 8.96. The van der Waals surface area contributed by atoms with Gasteiger partial charge in [0.15, 0.2) is 16.3 Å². The van der Waals surface area contributed by atoms with Crippen molar-refractivity contribution in [1.82, 2.24) is 33.6 Å². The molecule has 4 aromatic heterocycles. The van der Waals surface area contributed by atoms with E-state index < -0.39 is 11.2 Å². The zero-order valence-corrected chi connectivity index (χ0v) is 19.2. The number of pyridine rings is 1. The number of imidazole rings is 1. The highest BCUT2D eigenvalue weighted by Gasteiger charge is 2.26. The number of nitrogens with one attached hydrogen (secondary N) is 1. The Balaban J connectivity index is 1.32. The van der Waals surface area contributed by atoms with E-state index in [4.69, 9.17) is 0 Å². The number of carbonyl (C=O) groups is 2. The van der Waals surface area contributed by atoms with Crippen LogP contribution in [0.3, 0.4) is 0 Å². The van der Waals surface area contributed by atoms with Crippen LogP contribution >= 0.6 is 11.3 Å². The summed E-state index contributed by atoms with van der Waals surface area (Å²) in [5.74, 6) is -0.532. The quantitative estimate of drug-likeness (QED) is 0.438. The first-order valence-corrected chi connectivity index (χ1v) is 11.2. The van der Waals surface area contributed by atoms with Crippen molar-refractivity contribution in [2.75, 3.05) is 11.9 Å². The molecule has 0 unspecified atom stereocenters. The highest BCUT2D eigenvalue weighted by atomic mass is 32.1. The lowest BCUT2D eigenvalue weighted by molar-refractivity contribution is -0.132. The number of hydrogen-bond donors (Lipinski definition) is 1. The van der Waals surface area contributed by atoms with E-state index in [0.717, 1.165) is 15.1 Å². The van der Waals surface area contributed by atoms with Crippen molar-refractivity contribution in [3.8, 4) is 0 Å². The van der Waals surface area contributed by atoms with E-state index >= 15 is 0 Å². The lowest BCUT2D eigenvalue weighted by Crippen LogP contribution is -2.39. The van der Waals surface area contributed by atoms with Crippen molar-refractivity contribution in [3.05, 3.63) is 67.8 Å². The molecule has 1 aliphatic heterocycles. The number of fused-ring (bicyclic) bond motifs is 2.